The molecule has 1 aromatic carbocycles. The molecule has 4 nitrogen and oxygen atoms in total. The van der Waals surface area contributed by atoms with Gasteiger partial charge in [0, 0.05) is 18.2 Å². The Morgan fingerprint density at radius 1 is 1.30 bits per heavy atom. The number of methoxy groups -OCH3 is 1. The van der Waals surface area contributed by atoms with E-state index in [0.29, 0.717) is 6.61 Å². The van der Waals surface area contributed by atoms with Crippen LogP contribution >= 0.6 is 0 Å². The molecular formula is C16H25NO3. The number of ether oxygens (including phenoxy) is 2. The third-order valence-corrected chi connectivity index (χ3v) is 3.87. The van der Waals surface area contributed by atoms with Gasteiger partial charge in [-0.25, -0.2) is 0 Å². The summed E-state index contributed by atoms with van der Waals surface area (Å²) in [5, 5.41) is 13.7. The molecule has 0 amide bonds. The number of benzene rings is 1. The number of hydrogen-bond acceptors (Lipinski definition) is 4. The van der Waals surface area contributed by atoms with Crippen LogP contribution < -0.4 is 14.8 Å². The lowest BCUT2D eigenvalue weighted by molar-refractivity contribution is 0.00105. The van der Waals surface area contributed by atoms with Crippen molar-refractivity contribution in [3.63, 3.8) is 0 Å². The van der Waals surface area contributed by atoms with Gasteiger partial charge in [0.2, 0.25) is 0 Å². The highest BCUT2D eigenvalue weighted by molar-refractivity contribution is 5.40. The second-order valence-electron chi connectivity index (χ2n) is 5.47. The standard InChI is InChI=1S/C16H25NO3/c1-3-17-11-13-6-7-14(19-2)10-15(13)20-12-16(18)8-4-5-9-16/h6-7,10,17-18H,3-5,8-9,11-12H2,1-2H3. The van der Waals surface area contributed by atoms with E-state index in [2.05, 4.69) is 12.2 Å². The van der Waals surface area contributed by atoms with Gasteiger partial charge in [-0.1, -0.05) is 25.8 Å². The summed E-state index contributed by atoms with van der Waals surface area (Å²) in [6.07, 6.45) is 3.84. The SMILES string of the molecule is CCNCc1ccc(OC)cc1OCC1(O)CCCC1. The summed E-state index contributed by atoms with van der Waals surface area (Å²) in [5.74, 6) is 1.57. The maximum absolute atomic E-state index is 10.4. The molecule has 1 saturated carbocycles. The predicted molar refractivity (Wildman–Crippen MR) is 79.3 cm³/mol. The highest BCUT2D eigenvalue weighted by Gasteiger charge is 2.32. The maximum atomic E-state index is 10.4. The van der Waals surface area contributed by atoms with Crippen LogP contribution in [0, 0.1) is 0 Å². The van der Waals surface area contributed by atoms with Gasteiger partial charge in [0.05, 0.1) is 12.7 Å². The first-order valence-corrected chi connectivity index (χ1v) is 7.40. The van der Waals surface area contributed by atoms with E-state index < -0.39 is 5.60 Å². The minimum absolute atomic E-state index is 0.360. The van der Waals surface area contributed by atoms with E-state index in [0.717, 1.165) is 55.8 Å². The summed E-state index contributed by atoms with van der Waals surface area (Å²) < 4.78 is 11.1. The molecule has 0 radical (unpaired) electrons. The molecule has 0 aliphatic heterocycles. The summed E-state index contributed by atoms with van der Waals surface area (Å²) in [5.41, 5.74) is 0.438. The Bertz CT molecular complexity index is 428. The molecule has 1 aliphatic carbocycles. The van der Waals surface area contributed by atoms with Crippen LogP contribution in [0.1, 0.15) is 38.2 Å². The summed E-state index contributed by atoms with van der Waals surface area (Å²) >= 11 is 0. The Kier molecular flexibility index (Phi) is 5.26. The Balaban J connectivity index is 2.06. The van der Waals surface area contributed by atoms with E-state index in [-0.39, 0.29) is 0 Å². The Morgan fingerprint density at radius 2 is 2.05 bits per heavy atom. The summed E-state index contributed by atoms with van der Waals surface area (Å²) in [4.78, 5) is 0. The zero-order chi connectivity index (χ0) is 14.4. The van der Waals surface area contributed by atoms with Crippen LogP contribution in [-0.4, -0.2) is 31.0 Å². The van der Waals surface area contributed by atoms with E-state index in [9.17, 15) is 5.11 Å². The third kappa shape index (κ3) is 3.87. The van der Waals surface area contributed by atoms with Crippen molar-refractivity contribution in [2.75, 3.05) is 20.3 Å². The molecular weight excluding hydrogens is 254 g/mol. The van der Waals surface area contributed by atoms with Crippen molar-refractivity contribution in [1.29, 1.82) is 0 Å². The molecule has 112 valence electrons. The summed E-state index contributed by atoms with van der Waals surface area (Å²) in [7, 11) is 1.65. The van der Waals surface area contributed by atoms with Crippen molar-refractivity contribution >= 4 is 0 Å². The zero-order valence-corrected chi connectivity index (χ0v) is 12.4. The van der Waals surface area contributed by atoms with Gasteiger partial charge in [0.1, 0.15) is 18.1 Å². The molecule has 0 atom stereocenters. The largest absolute Gasteiger partial charge is 0.497 e. The molecule has 2 N–H and O–H groups in total. The van der Waals surface area contributed by atoms with Gasteiger partial charge in [0.25, 0.3) is 0 Å². The van der Waals surface area contributed by atoms with E-state index in [1.54, 1.807) is 7.11 Å². The Morgan fingerprint density at radius 3 is 2.70 bits per heavy atom. The van der Waals surface area contributed by atoms with Gasteiger partial charge in [-0.2, -0.15) is 0 Å². The fourth-order valence-corrected chi connectivity index (χ4v) is 2.59. The van der Waals surface area contributed by atoms with Gasteiger partial charge in [-0.3, -0.25) is 0 Å². The van der Waals surface area contributed by atoms with E-state index in [1.165, 1.54) is 0 Å². The van der Waals surface area contributed by atoms with E-state index >= 15 is 0 Å². The lowest BCUT2D eigenvalue weighted by Crippen LogP contribution is -2.32. The quantitative estimate of drug-likeness (QED) is 0.805. The van der Waals surface area contributed by atoms with E-state index in [4.69, 9.17) is 9.47 Å². The number of aliphatic hydroxyl groups is 1. The molecule has 2 rings (SSSR count). The zero-order valence-electron chi connectivity index (χ0n) is 12.4. The first-order valence-electron chi connectivity index (χ1n) is 7.40. The fraction of sp³-hybridized carbons (Fsp3) is 0.625. The minimum Gasteiger partial charge on any atom is -0.497 e. The lowest BCUT2D eigenvalue weighted by atomic mass is 10.0. The van der Waals surface area contributed by atoms with Crippen LogP contribution in [0.4, 0.5) is 0 Å². The molecule has 1 aliphatic rings. The first-order chi connectivity index (χ1) is 9.67. The second-order valence-corrected chi connectivity index (χ2v) is 5.47. The van der Waals surface area contributed by atoms with Crippen LogP contribution in [0.15, 0.2) is 18.2 Å². The molecule has 0 unspecified atom stereocenters. The molecule has 1 aromatic rings. The maximum Gasteiger partial charge on any atom is 0.127 e. The molecule has 0 aromatic heterocycles. The van der Waals surface area contributed by atoms with E-state index in [1.807, 2.05) is 18.2 Å². The van der Waals surface area contributed by atoms with Crippen molar-refractivity contribution in [2.45, 2.75) is 44.8 Å². The molecule has 0 spiro atoms. The van der Waals surface area contributed by atoms with Gasteiger partial charge in [-0.15, -0.1) is 0 Å². The second kappa shape index (κ2) is 6.95. The normalized spacial score (nSPS) is 17.1. The average molecular weight is 279 g/mol. The lowest BCUT2D eigenvalue weighted by Gasteiger charge is -2.23. The van der Waals surface area contributed by atoms with Crippen molar-refractivity contribution in [2.24, 2.45) is 0 Å². The molecule has 0 saturated heterocycles. The Hall–Kier alpha value is -1.26. The molecule has 4 heteroatoms. The first kappa shape index (κ1) is 15.1. The number of nitrogens with one attached hydrogen (secondary N) is 1. The molecule has 20 heavy (non-hydrogen) atoms. The van der Waals surface area contributed by atoms with Gasteiger partial charge >= 0.3 is 0 Å². The summed E-state index contributed by atoms with van der Waals surface area (Å²) in [6, 6.07) is 5.84. The van der Waals surface area contributed by atoms with Crippen LogP contribution in [0.5, 0.6) is 11.5 Å². The van der Waals surface area contributed by atoms with Gasteiger partial charge in [0.15, 0.2) is 0 Å². The predicted octanol–water partition coefficient (Wildman–Crippen LogP) is 2.49. The molecule has 0 bridgehead atoms. The highest BCUT2D eigenvalue weighted by Crippen LogP contribution is 2.31. The number of rotatable bonds is 7. The average Bonchev–Trinajstić information content (AvgIpc) is 2.90. The number of hydrogen-bond donors (Lipinski definition) is 2. The monoisotopic (exact) mass is 279 g/mol. The van der Waals surface area contributed by atoms with Crippen molar-refractivity contribution in [3.05, 3.63) is 23.8 Å². The minimum atomic E-state index is -0.654. The van der Waals surface area contributed by atoms with Crippen LogP contribution in [0.25, 0.3) is 0 Å². The Labute approximate surface area is 121 Å². The summed E-state index contributed by atoms with van der Waals surface area (Å²) in [6.45, 7) is 4.11. The molecule has 1 fully saturated rings. The van der Waals surface area contributed by atoms with Crippen LogP contribution in [0.2, 0.25) is 0 Å². The smallest absolute Gasteiger partial charge is 0.127 e. The van der Waals surface area contributed by atoms with Crippen LogP contribution in [-0.2, 0) is 6.54 Å². The van der Waals surface area contributed by atoms with Crippen molar-refractivity contribution < 1.29 is 14.6 Å². The fourth-order valence-electron chi connectivity index (χ4n) is 2.59. The van der Waals surface area contributed by atoms with Gasteiger partial charge < -0.3 is 19.9 Å². The highest BCUT2D eigenvalue weighted by atomic mass is 16.5. The third-order valence-electron chi connectivity index (χ3n) is 3.87. The van der Waals surface area contributed by atoms with Gasteiger partial charge in [-0.05, 0) is 25.5 Å². The molecule has 0 heterocycles. The van der Waals surface area contributed by atoms with Crippen molar-refractivity contribution in [3.8, 4) is 11.5 Å². The topological polar surface area (TPSA) is 50.7 Å². The van der Waals surface area contributed by atoms with Crippen molar-refractivity contribution in [1.82, 2.24) is 5.32 Å². The van der Waals surface area contributed by atoms with Crippen LogP contribution in [0.3, 0.4) is 0 Å².